The number of rotatable bonds is 6. The molecule has 0 spiro atoms. The first-order valence-corrected chi connectivity index (χ1v) is 9.23. The maximum absolute atomic E-state index is 12.3. The van der Waals surface area contributed by atoms with Crippen molar-refractivity contribution in [1.29, 1.82) is 0 Å². The van der Waals surface area contributed by atoms with Crippen molar-refractivity contribution >= 4 is 33.7 Å². The molecule has 0 saturated carbocycles. The number of anilines is 1. The Hall–Kier alpha value is -2.25. The molecule has 0 atom stereocenters. The van der Waals surface area contributed by atoms with E-state index in [1.54, 1.807) is 35.6 Å². The molecule has 0 unspecified atom stereocenters. The zero-order valence-corrected chi connectivity index (χ0v) is 15.0. The Balaban J connectivity index is 1.62. The van der Waals surface area contributed by atoms with Crippen LogP contribution in [0.1, 0.15) is 24.2 Å². The number of hydrogen-bond donors (Lipinski definition) is 1. The van der Waals surface area contributed by atoms with Crippen molar-refractivity contribution in [2.45, 2.75) is 13.8 Å². The molecule has 0 aliphatic heterocycles. The Morgan fingerprint density at radius 2 is 2.00 bits per heavy atom. The molecule has 1 N–H and O–H groups in total. The lowest BCUT2D eigenvalue weighted by atomic mass is 10.2. The van der Waals surface area contributed by atoms with Gasteiger partial charge in [0.25, 0.3) is 5.91 Å². The van der Waals surface area contributed by atoms with E-state index in [-0.39, 0.29) is 5.91 Å². The first-order chi connectivity index (χ1) is 11.6. The lowest BCUT2D eigenvalue weighted by Crippen LogP contribution is -2.11. The molecule has 3 rings (SSSR count). The molecule has 2 aromatic heterocycles. The molecular formula is C17H17N3O2S2. The van der Waals surface area contributed by atoms with E-state index >= 15 is 0 Å². The van der Waals surface area contributed by atoms with E-state index in [0.29, 0.717) is 23.2 Å². The van der Waals surface area contributed by atoms with Crippen molar-refractivity contribution in [2.24, 2.45) is 5.92 Å². The van der Waals surface area contributed by atoms with E-state index in [1.165, 1.54) is 11.3 Å². The maximum atomic E-state index is 12.3. The summed E-state index contributed by atoms with van der Waals surface area (Å²) in [7, 11) is 0. The third-order valence-corrected chi connectivity index (χ3v) is 4.96. The number of nitrogens with one attached hydrogen (secondary N) is 1. The van der Waals surface area contributed by atoms with Gasteiger partial charge in [0.05, 0.1) is 11.5 Å². The van der Waals surface area contributed by atoms with E-state index in [0.717, 1.165) is 15.6 Å². The Labute approximate surface area is 148 Å². The average Bonchev–Trinajstić information content (AvgIpc) is 3.24. The number of hydrogen-bond acceptors (Lipinski definition) is 6. The van der Waals surface area contributed by atoms with Gasteiger partial charge in [-0.3, -0.25) is 10.1 Å². The number of ether oxygens (including phenoxy) is 1. The molecule has 0 aliphatic rings. The molecule has 0 aliphatic carbocycles. The molecule has 1 amide bonds. The quantitative estimate of drug-likeness (QED) is 0.701. The second-order valence-electron chi connectivity index (χ2n) is 5.57. The second-order valence-corrected chi connectivity index (χ2v) is 7.50. The monoisotopic (exact) mass is 359 g/mol. The highest BCUT2D eigenvalue weighted by atomic mass is 32.1. The first-order valence-electron chi connectivity index (χ1n) is 7.53. The number of nitrogens with zero attached hydrogens (tertiary/aromatic N) is 2. The van der Waals surface area contributed by atoms with Crippen molar-refractivity contribution in [2.75, 3.05) is 11.9 Å². The zero-order chi connectivity index (χ0) is 16.9. The highest BCUT2D eigenvalue weighted by Gasteiger charge is 2.12. The van der Waals surface area contributed by atoms with Gasteiger partial charge in [-0.05, 0) is 41.6 Å². The van der Waals surface area contributed by atoms with Crippen LogP contribution in [0.4, 0.5) is 5.13 Å². The molecule has 7 heteroatoms. The molecule has 3 aromatic rings. The fraction of sp³-hybridized carbons (Fsp3) is 0.235. The molecule has 1 aromatic carbocycles. The summed E-state index contributed by atoms with van der Waals surface area (Å²) in [5.41, 5.74) is 0.555. The summed E-state index contributed by atoms with van der Waals surface area (Å²) in [6.07, 6.45) is 0. The lowest BCUT2D eigenvalue weighted by molar-refractivity contribution is 0.102. The van der Waals surface area contributed by atoms with Gasteiger partial charge in [-0.2, -0.15) is 0 Å². The van der Waals surface area contributed by atoms with Gasteiger partial charge in [-0.15, -0.1) is 21.5 Å². The average molecular weight is 359 g/mol. The molecule has 5 nitrogen and oxygen atoms in total. The van der Waals surface area contributed by atoms with Crippen LogP contribution >= 0.6 is 22.7 Å². The van der Waals surface area contributed by atoms with Crippen LogP contribution in [0.3, 0.4) is 0 Å². The van der Waals surface area contributed by atoms with Crippen molar-refractivity contribution < 1.29 is 9.53 Å². The van der Waals surface area contributed by atoms with Crippen LogP contribution in [0.15, 0.2) is 41.8 Å². The summed E-state index contributed by atoms with van der Waals surface area (Å²) in [6.45, 7) is 4.84. The molecule has 24 heavy (non-hydrogen) atoms. The minimum atomic E-state index is -0.209. The van der Waals surface area contributed by atoms with Crippen LogP contribution in [0.2, 0.25) is 0 Å². The largest absolute Gasteiger partial charge is 0.493 e. The number of thiophene rings is 1. The molecule has 124 valence electrons. The van der Waals surface area contributed by atoms with Crippen LogP contribution in [0.25, 0.3) is 9.88 Å². The molecule has 2 heterocycles. The summed E-state index contributed by atoms with van der Waals surface area (Å²) in [5.74, 6) is 1.01. The highest BCUT2D eigenvalue weighted by molar-refractivity contribution is 7.23. The van der Waals surface area contributed by atoms with Crippen LogP contribution < -0.4 is 10.1 Å². The van der Waals surface area contributed by atoms with Crippen molar-refractivity contribution in [3.8, 4) is 15.6 Å². The SMILES string of the molecule is CC(C)COc1ccc(C(=O)Nc2nnc(-c3cccs3)s2)cc1. The van der Waals surface area contributed by atoms with Gasteiger partial charge in [0, 0.05) is 5.56 Å². The molecule has 0 bridgehead atoms. The third-order valence-electron chi connectivity index (χ3n) is 3.08. The standard InChI is InChI=1S/C17H17N3O2S2/c1-11(2)10-22-13-7-5-12(6-8-13)15(21)18-17-20-19-16(24-17)14-4-3-9-23-14/h3-9,11H,10H2,1-2H3,(H,18,20,21). The summed E-state index contributed by atoms with van der Waals surface area (Å²) in [6, 6.07) is 11.0. The van der Waals surface area contributed by atoms with Gasteiger partial charge in [-0.25, -0.2) is 0 Å². The first kappa shape index (κ1) is 16.6. The van der Waals surface area contributed by atoms with Crippen LogP contribution in [0.5, 0.6) is 5.75 Å². The van der Waals surface area contributed by atoms with E-state index in [1.807, 2.05) is 17.5 Å². The van der Waals surface area contributed by atoms with Gasteiger partial charge in [0.15, 0.2) is 5.01 Å². The van der Waals surface area contributed by atoms with E-state index in [2.05, 4.69) is 29.4 Å². The summed E-state index contributed by atoms with van der Waals surface area (Å²) >= 11 is 2.95. The van der Waals surface area contributed by atoms with Gasteiger partial charge in [0.2, 0.25) is 5.13 Å². The smallest absolute Gasteiger partial charge is 0.257 e. The predicted octanol–water partition coefficient (Wildman–Crippen LogP) is 4.55. The van der Waals surface area contributed by atoms with Crippen LogP contribution in [0, 0.1) is 5.92 Å². The minimum Gasteiger partial charge on any atom is -0.493 e. The zero-order valence-electron chi connectivity index (χ0n) is 13.4. The Morgan fingerprint density at radius 3 is 2.67 bits per heavy atom. The number of benzene rings is 1. The number of aromatic nitrogens is 2. The van der Waals surface area contributed by atoms with E-state index in [4.69, 9.17) is 4.74 Å². The molecular weight excluding hydrogens is 342 g/mol. The third kappa shape index (κ3) is 4.18. The minimum absolute atomic E-state index is 0.209. The van der Waals surface area contributed by atoms with Gasteiger partial charge in [-0.1, -0.05) is 31.3 Å². The summed E-state index contributed by atoms with van der Waals surface area (Å²) in [4.78, 5) is 13.3. The summed E-state index contributed by atoms with van der Waals surface area (Å²) < 4.78 is 5.61. The Kier molecular flexibility index (Phi) is 5.22. The van der Waals surface area contributed by atoms with Crippen molar-refractivity contribution in [3.63, 3.8) is 0 Å². The van der Waals surface area contributed by atoms with E-state index < -0.39 is 0 Å². The Bertz CT molecular complexity index is 796. The Morgan fingerprint density at radius 1 is 1.21 bits per heavy atom. The fourth-order valence-corrected chi connectivity index (χ4v) is 3.44. The van der Waals surface area contributed by atoms with Crippen molar-refractivity contribution in [3.05, 3.63) is 47.3 Å². The van der Waals surface area contributed by atoms with Gasteiger partial charge >= 0.3 is 0 Å². The number of carbonyl (C=O) groups excluding carboxylic acids is 1. The van der Waals surface area contributed by atoms with Crippen LogP contribution in [-0.2, 0) is 0 Å². The summed E-state index contributed by atoms with van der Waals surface area (Å²) in [5, 5.41) is 14.2. The number of carbonyl (C=O) groups is 1. The lowest BCUT2D eigenvalue weighted by Gasteiger charge is -2.09. The number of amides is 1. The normalized spacial score (nSPS) is 10.8. The van der Waals surface area contributed by atoms with Gasteiger partial charge in [0.1, 0.15) is 5.75 Å². The molecule has 0 fully saturated rings. The second kappa shape index (κ2) is 7.55. The molecule has 0 radical (unpaired) electrons. The highest BCUT2D eigenvalue weighted by Crippen LogP contribution is 2.29. The van der Waals surface area contributed by atoms with Crippen molar-refractivity contribution in [1.82, 2.24) is 10.2 Å². The topological polar surface area (TPSA) is 64.1 Å². The molecule has 0 saturated heterocycles. The fourth-order valence-electron chi connectivity index (χ4n) is 1.91. The van der Waals surface area contributed by atoms with Crippen LogP contribution in [-0.4, -0.2) is 22.7 Å². The maximum Gasteiger partial charge on any atom is 0.257 e. The predicted molar refractivity (Wildman–Crippen MR) is 98.0 cm³/mol. The van der Waals surface area contributed by atoms with Gasteiger partial charge < -0.3 is 4.74 Å². The van der Waals surface area contributed by atoms with E-state index in [9.17, 15) is 4.79 Å².